The van der Waals surface area contributed by atoms with Crippen molar-refractivity contribution >= 4 is 17.5 Å². The van der Waals surface area contributed by atoms with Gasteiger partial charge in [-0.15, -0.1) is 0 Å². The predicted octanol–water partition coefficient (Wildman–Crippen LogP) is 2.81. The van der Waals surface area contributed by atoms with Crippen molar-refractivity contribution in [3.05, 3.63) is 65.5 Å². The van der Waals surface area contributed by atoms with Crippen LogP contribution in [0.25, 0.3) is 0 Å². The third-order valence-corrected chi connectivity index (χ3v) is 4.23. The molecule has 1 N–H and O–H groups in total. The second-order valence-electron chi connectivity index (χ2n) is 5.81. The van der Waals surface area contributed by atoms with Crippen molar-refractivity contribution in [3.63, 3.8) is 0 Å². The van der Waals surface area contributed by atoms with Crippen molar-refractivity contribution in [2.24, 2.45) is 0 Å². The van der Waals surface area contributed by atoms with Crippen molar-refractivity contribution in [1.29, 1.82) is 0 Å². The number of hydrogen-bond acceptors (Lipinski definition) is 2. The normalized spacial score (nSPS) is 15.9. The Morgan fingerprint density at radius 3 is 2.58 bits per heavy atom. The van der Waals surface area contributed by atoms with Crippen LogP contribution in [0.4, 0.5) is 10.1 Å². The number of para-hydroxylation sites is 1. The molecule has 3 rings (SSSR count). The number of halogens is 1. The molecule has 0 unspecified atom stereocenters. The van der Waals surface area contributed by atoms with Gasteiger partial charge in [0.05, 0.1) is 0 Å². The summed E-state index contributed by atoms with van der Waals surface area (Å²) >= 11 is 0. The van der Waals surface area contributed by atoms with Crippen LogP contribution in [-0.2, 0) is 22.6 Å². The van der Waals surface area contributed by atoms with Crippen LogP contribution in [0.15, 0.2) is 48.5 Å². The Bertz CT molecular complexity index is 758. The number of anilines is 1. The summed E-state index contributed by atoms with van der Waals surface area (Å²) in [5.41, 5.74) is 2.63. The number of nitrogens with one attached hydrogen (secondary N) is 1. The Morgan fingerprint density at radius 2 is 1.88 bits per heavy atom. The monoisotopic (exact) mass is 326 g/mol. The quantitative estimate of drug-likeness (QED) is 0.939. The lowest BCUT2D eigenvalue weighted by Gasteiger charge is -2.24. The highest BCUT2D eigenvalue weighted by Crippen LogP contribution is 2.32. The van der Waals surface area contributed by atoms with Crippen LogP contribution in [0.5, 0.6) is 0 Å². The second kappa shape index (κ2) is 6.83. The zero-order chi connectivity index (χ0) is 17.1. The molecule has 0 fully saturated rings. The Labute approximate surface area is 140 Å². The highest BCUT2D eigenvalue weighted by Gasteiger charge is 2.37. The van der Waals surface area contributed by atoms with Gasteiger partial charge in [-0.1, -0.05) is 37.3 Å². The van der Waals surface area contributed by atoms with E-state index in [2.05, 4.69) is 5.32 Å². The van der Waals surface area contributed by atoms with E-state index in [1.54, 1.807) is 24.0 Å². The summed E-state index contributed by atoms with van der Waals surface area (Å²) in [5.74, 6) is -0.574. The minimum atomic E-state index is -0.532. The fraction of sp³-hybridized carbons (Fsp3) is 0.263. The standard InChI is InChI=1S/C19H19FN2O2/c1-2-18(23)22-16-6-4-3-5-14(16)11-17(22)19(24)21-12-13-7-9-15(20)10-8-13/h3-10,17H,2,11-12H2,1H3,(H,21,24)/t17-/m0/s1. The van der Waals surface area contributed by atoms with Crippen LogP contribution in [0.2, 0.25) is 0 Å². The molecular weight excluding hydrogens is 307 g/mol. The third-order valence-electron chi connectivity index (χ3n) is 4.23. The molecule has 0 aliphatic carbocycles. The molecule has 1 atom stereocenters. The lowest BCUT2D eigenvalue weighted by atomic mass is 10.1. The molecule has 0 saturated heterocycles. The van der Waals surface area contributed by atoms with Gasteiger partial charge >= 0.3 is 0 Å². The first-order valence-corrected chi connectivity index (χ1v) is 8.02. The molecule has 2 aromatic rings. The lowest BCUT2D eigenvalue weighted by Crippen LogP contribution is -2.47. The molecule has 0 spiro atoms. The van der Waals surface area contributed by atoms with Crippen LogP contribution in [0.1, 0.15) is 24.5 Å². The van der Waals surface area contributed by atoms with E-state index in [1.165, 1.54) is 12.1 Å². The maximum absolute atomic E-state index is 12.9. The van der Waals surface area contributed by atoms with Crippen LogP contribution in [0.3, 0.4) is 0 Å². The summed E-state index contributed by atoms with van der Waals surface area (Å²) in [6.07, 6.45) is 0.854. The Morgan fingerprint density at radius 1 is 1.17 bits per heavy atom. The number of carbonyl (C=O) groups is 2. The molecule has 2 amide bonds. The summed E-state index contributed by atoms with van der Waals surface area (Å²) in [5, 5.41) is 2.85. The summed E-state index contributed by atoms with van der Waals surface area (Å²) in [7, 11) is 0. The van der Waals surface area contributed by atoms with Gasteiger partial charge in [0.1, 0.15) is 11.9 Å². The number of rotatable bonds is 4. The first kappa shape index (κ1) is 16.2. The summed E-state index contributed by atoms with van der Waals surface area (Å²) < 4.78 is 12.9. The van der Waals surface area contributed by atoms with E-state index in [0.29, 0.717) is 19.4 Å². The topological polar surface area (TPSA) is 49.4 Å². The fourth-order valence-electron chi connectivity index (χ4n) is 2.98. The zero-order valence-electron chi connectivity index (χ0n) is 13.5. The molecule has 0 bridgehead atoms. The van der Waals surface area contributed by atoms with E-state index in [4.69, 9.17) is 0 Å². The average Bonchev–Trinajstić information content (AvgIpc) is 3.00. The van der Waals surface area contributed by atoms with Crippen LogP contribution in [-0.4, -0.2) is 17.9 Å². The molecule has 0 radical (unpaired) electrons. The molecule has 1 heterocycles. The minimum Gasteiger partial charge on any atom is -0.350 e. The number of hydrogen-bond donors (Lipinski definition) is 1. The van der Waals surface area contributed by atoms with E-state index in [1.807, 2.05) is 24.3 Å². The van der Waals surface area contributed by atoms with Crippen LogP contribution >= 0.6 is 0 Å². The van der Waals surface area contributed by atoms with Gasteiger partial charge in [0, 0.05) is 25.1 Å². The Balaban J connectivity index is 1.74. The fourth-order valence-corrected chi connectivity index (χ4v) is 2.98. The molecule has 4 nitrogen and oxygen atoms in total. The maximum atomic E-state index is 12.9. The molecule has 2 aromatic carbocycles. The smallest absolute Gasteiger partial charge is 0.243 e. The van der Waals surface area contributed by atoms with Gasteiger partial charge in [0.2, 0.25) is 11.8 Å². The highest BCUT2D eigenvalue weighted by atomic mass is 19.1. The number of nitrogens with zero attached hydrogens (tertiary/aromatic N) is 1. The largest absolute Gasteiger partial charge is 0.350 e. The predicted molar refractivity (Wildman–Crippen MR) is 90.0 cm³/mol. The van der Waals surface area contributed by atoms with E-state index >= 15 is 0 Å². The average molecular weight is 326 g/mol. The van der Waals surface area contributed by atoms with Crippen molar-refractivity contribution in [1.82, 2.24) is 5.32 Å². The van der Waals surface area contributed by atoms with Crippen LogP contribution in [0, 0.1) is 5.82 Å². The summed E-state index contributed by atoms with van der Waals surface area (Å²) in [6.45, 7) is 2.09. The molecule has 1 aliphatic heterocycles. The number of amides is 2. The van der Waals surface area contributed by atoms with Gasteiger partial charge in [-0.3, -0.25) is 14.5 Å². The molecule has 24 heavy (non-hydrogen) atoms. The minimum absolute atomic E-state index is 0.0677. The molecule has 0 saturated carbocycles. The van der Waals surface area contributed by atoms with Gasteiger partial charge in [-0.2, -0.15) is 0 Å². The molecule has 0 aromatic heterocycles. The van der Waals surface area contributed by atoms with E-state index < -0.39 is 6.04 Å². The van der Waals surface area contributed by atoms with Gasteiger partial charge in [0.25, 0.3) is 0 Å². The number of fused-ring (bicyclic) bond motifs is 1. The number of benzene rings is 2. The second-order valence-corrected chi connectivity index (χ2v) is 5.81. The van der Waals surface area contributed by atoms with Crippen molar-refractivity contribution in [2.75, 3.05) is 4.90 Å². The Kier molecular flexibility index (Phi) is 4.60. The molecular formula is C19H19FN2O2. The van der Waals surface area contributed by atoms with Crippen molar-refractivity contribution in [3.8, 4) is 0 Å². The zero-order valence-corrected chi connectivity index (χ0v) is 13.5. The van der Waals surface area contributed by atoms with Crippen molar-refractivity contribution < 1.29 is 14.0 Å². The van der Waals surface area contributed by atoms with Gasteiger partial charge in [-0.05, 0) is 29.3 Å². The molecule has 5 heteroatoms. The maximum Gasteiger partial charge on any atom is 0.243 e. The summed E-state index contributed by atoms with van der Waals surface area (Å²) in [4.78, 5) is 26.5. The van der Waals surface area contributed by atoms with Gasteiger partial charge in [0.15, 0.2) is 0 Å². The van der Waals surface area contributed by atoms with Crippen molar-refractivity contribution in [2.45, 2.75) is 32.4 Å². The van der Waals surface area contributed by atoms with E-state index in [9.17, 15) is 14.0 Å². The number of carbonyl (C=O) groups excluding carboxylic acids is 2. The Hall–Kier alpha value is -2.69. The first-order valence-electron chi connectivity index (χ1n) is 8.02. The van der Waals surface area contributed by atoms with E-state index in [-0.39, 0.29) is 17.6 Å². The van der Waals surface area contributed by atoms with Gasteiger partial charge in [-0.25, -0.2) is 4.39 Å². The third kappa shape index (κ3) is 3.15. The van der Waals surface area contributed by atoms with Gasteiger partial charge < -0.3 is 5.32 Å². The first-order chi connectivity index (χ1) is 11.6. The molecule has 1 aliphatic rings. The lowest BCUT2D eigenvalue weighted by molar-refractivity contribution is -0.126. The highest BCUT2D eigenvalue weighted by molar-refractivity contribution is 6.03. The van der Waals surface area contributed by atoms with Crippen LogP contribution < -0.4 is 10.2 Å². The molecule has 124 valence electrons. The SMILES string of the molecule is CCC(=O)N1c2ccccc2C[C@H]1C(=O)NCc1ccc(F)cc1. The van der Waals surface area contributed by atoms with E-state index in [0.717, 1.165) is 16.8 Å². The summed E-state index contributed by atoms with van der Waals surface area (Å²) in [6, 6.07) is 13.0.